The number of nitrogens with two attached hydrogens (primary N) is 1. The lowest BCUT2D eigenvalue weighted by Crippen LogP contribution is -2.10. The molecule has 0 spiro atoms. The molecule has 1 aromatic carbocycles. The van der Waals surface area contributed by atoms with Gasteiger partial charge in [0.15, 0.2) is 0 Å². The highest BCUT2D eigenvalue weighted by molar-refractivity contribution is 9.11. The van der Waals surface area contributed by atoms with Crippen molar-refractivity contribution in [1.29, 1.82) is 0 Å². The number of thiophene rings is 1. The second kappa shape index (κ2) is 5.31. The van der Waals surface area contributed by atoms with Gasteiger partial charge < -0.3 is 5.73 Å². The second-order valence-corrected chi connectivity index (χ2v) is 6.95. The third-order valence-electron chi connectivity index (χ3n) is 2.17. The van der Waals surface area contributed by atoms with Crippen molar-refractivity contribution in [3.63, 3.8) is 0 Å². The van der Waals surface area contributed by atoms with Crippen LogP contribution in [0.2, 0.25) is 0 Å². The third-order valence-corrected chi connectivity index (χ3v) is 5.04. The summed E-state index contributed by atoms with van der Waals surface area (Å²) in [6.45, 7) is 0. The molecule has 0 amide bonds. The van der Waals surface area contributed by atoms with Crippen molar-refractivity contribution in [2.24, 2.45) is 5.73 Å². The number of hydrogen-bond acceptors (Lipinski definition) is 2. The minimum atomic E-state index is -0.0943. The Labute approximate surface area is 123 Å². The molecular weight excluding hydrogens is 418 g/mol. The van der Waals surface area contributed by atoms with E-state index in [0.29, 0.717) is 0 Å². The molecular formula is C11H8Br3NS. The summed E-state index contributed by atoms with van der Waals surface area (Å²) >= 11 is 12.1. The zero-order valence-electron chi connectivity index (χ0n) is 8.08. The van der Waals surface area contributed by atoms with Gasteiger partial charge in [0, 0.05) is 18.3 Å². The number of hydrogen-bond donors (Lipinski definition) is 1. The molecule has 0 aliphatic carbocycles. The highest BCUT2D eigenvalue weighted by atomic mass is 79.9. The quantitative estimate of drug-likeness (QED) is 0.713. The van der Waals surface area contributed by atoms with E-state index in [0.717, 1.165) is 23.9 Å². The lowest BCUT2D eigenvalue weighted by molar-refractivity contribution is 0.887. The molecule has 1 atom stereocenters. The molecule has 5 heteroatoms. The van der Waals surface area contributed by atoms with Gasteiger partial charge in [-0.05, 0) is 51.1 Å². The Kier molecular flexibility index (Phi) is 4.24. The molecule has 1 aromatic heterocycles. The highest BCUT2D eigenvalue weighted by Gasteiger charge is 2.14. The van der Waals surface area contributed by atoms with Gasteiger partial charge in [0.05, 0.1) is 6.04 Å². The average molecular weight is 426 g/mol. The number of rotatable bonds is 2. The fourth-order valence-electron chi connectivity index (χ4n) is 1.43. The standard InChI is InChI=1S/C11H8Br3NS/c12-7-3-6(4-8(13)5-7)10(15)11-9(14)1-2-16-11/h1-5,10H,15H2. The van der Waals surface area contributed by atoms with Crippen molar-refractivity contribution in [2.45, 2.75) is 6.04 Å². The molecule has 2 N–H and O–H groups in total. The first-order valence-electron chi connectivity index (χ1n) is 4.52. The summed E-state index contributed by atoms with van der Waals surface area (Å²) in [6.07, 6.45) is 0. The zero-order chi connectivity index (χ0) is 11.7. The second-order valence-electron chi connectivity index (χ2n) is 3.31. The van der Waals surface area contributed by atoms with Crippen LogP contribution in [0.1, 0.15) is 16.5 Å². The summed E-state index contributed by atoms with van der Waals surface area (Å²) in [7, 11) is 0. The van der Waals surface area contributed by atoms with Crippen LogP contribution in [0.15, 0.2) is 43.1 Å². The van der Waals surface area contributed by atoms with Gasteiger partial charge in [-0.3, -0.25) is 0 Å². The first kappa shape index (κ1) is 12.8. The van der Waals surface area contributed by atoms with E-state index in [-0.39, 0.29) is 6.04 Å². The summed E-state index contributed by atoms with van der Waals surface area (Å²) in [5, 5.41) is 2.03. The van der Waals surface area contributed by atoms with Gasteiger partial charge in [-0.1, -0.05) is 31.9 Å². The SMILES string of the molecule is NC(c1cc(Br)cc(Br)c1)c1sccc1Br. The van der Waals surface area contributed by atoms with Crippen LogP contribution in [0, 0.1) is 0 Å². The Morgan fingerprint density at radius 1 is 1.06 bits per heavy atom. The maximum atomic E-state index is 6.24. The predicted molar refractivity (Wildman–Crippen MR) is 79.9 cm³/mol. The van der Waals surface area contributed by atoms with Gasteiger partial charge in [-0.2, -0.15) is 0 Å². The van der Waals surface area contributed by atoms with E-state index in [1.807, 2.05) is 29.6 Å². The van der Waals surface area contributed by atoms with Crippen molar-refractivity contribution in [1.82, 2.24) is 0 Å². The molecule has 0 bridgehead atoms. The zero-order valence-corrected chi connectivity index (χ0v) is 13.7. The van der Waals surface area contributed by atoms with Crippen LogP contribution < -0.4 is 5.73 Å². The maximum absolute atomic E-state index is 6.24. The molecule has 0 saturated carbocycles. The smallest absolute Gasteiger partial charge is 0.0658 e. The fraction of sp³-hybridized carbons (Fsp3) is 0.0909. The number of benzene rings is 1. The van der Waals surface area contributed by atoms with E-state index in [4.69, 9.17) is 5.73 Å². The molecule has 0 fully saturated rings. The van der Waals surface area contributed by atoms with Crippen molar-refractivity contribution in [2.75, 3.05) is 0 Å². The number of halogens is 3. The van der Waals surface area contributed by atoms with Gasteiger partial charge in [-0.25, -0.2) is 0 Å². The molecule has 0 aliphatic rings. The van der Waals surface area contributed by atoms with Crippen molar-refractivity contribution in [3.8, 4) is 0 Å². The van der Waals surface area contributed by atoms with E-state index in [9.17, 15) is 0 Å². The van der Waals surface area contributed by atoms with Crippen LogP contribution in [0.3, 0.4) is 0 Å². The topological polar surface area (TPSA) is 26.0 Å². The van der Waals surface area contributed by atoms with Crippen LogP contribution in [0.5, 0.6) is 0 Å². The fourth-order valence-corrected chi connectivity index (χ4v) is 4.41. The van der Waals surface area contributed by atoms with E-state index < -0.39 is 0 Å². The van der Waals surface area contributed by atoms with Crippen molar-refractivity contribution in [3.05, 3.63) is 53.5 Å². The van der Waals surface area contributed by atoms with Crippen LogP contribution in [0.25, 0.3) is 0 Å². The lowest BCUT2D eigenvalue weighted by Gasteiger charge is -2.12. The van der Waals surface area contributed by atoms with Crippen LogP contribution in [0.4, 0.5) is 0 Å². The molecule has 1 heterocycles. The van der Waals surface area contributed by atoms with Gasteiger partial charge in [0.25, 0.3) is 0 Å². The lowest BCUT2D eigenvalue weighted by atomic mass is 10.1. The van der Waals surface area contributed by atoms with Crippen LogP contribution in [-0.2, 0) is 0 Å². The Balaban J connectivity index is 2.41. The molecule has 2 aromatic rings. The maximum Gasteiger partial charge on any atom is 0.0658 e. The van der Waals surface area contributed by atoms with Gasteiger partial charge in [0.2, 0.25) is 0 Å². The summed E-state index contributed by atoms with van der Waals surface area (Å²) in [6, 6.07) is 8.01. The van der Waals surface area contributed by atoms with Crippen LogP contribution >= 0.6 is 59.1 Å². The Morgan fingerprint density at radius 2 is 1.69 bits per heavy atom. The highest BCUT2D eigenvalue weighted by Crippen LogP contribution is 2.33. The van der Waals surface area contributed by atoms with Gasteiger partial charge in [0.1, 0.15) is 0 Å². The van der Waals surface area contributed by atoms with Crippen LogP contribution in [-0.4, -0.2) is 0 Å². The summed E-state index contributed by atoms with van der Waals surface area (Å²) in [5.74, 6) is 0. The molecule has 84 valence electrons. The summed E-state index contributed by atoms with van der Waals surface area (Å²) in [4.78, 5) is 1.14. The minimum absolute atomic E-state index is 0.0943. The van der Waals surface area contributed by atoms with E-state index in [1.165, 1.54) is 0 Å². The molecule has 16 heavy (non-hydrogen) atoms. The predicted octanol–water partition coefficient (Wildman–Crippen LogP) is 5.08. The van der Waals surface area contributed by atoms with E-state index in [2.05, 4.69) is 47.8 Å². The van der Waals surface area contributed by atoms with Gasteiger partial charge in [-0.15, -0.1) is 11.3 Å². The molecule has 0 saturated heterocycles. The molecule has 0 radical (unpaired) electrons. The van der Waals surface area contributed by atoms with E-state index in [1.54, 1.807) is 11.3 Å². The molecule has 1 unspecified atom stereocenters. The monoisotopic (exact) mass is 423 g/mol. The normalized spacial score (nSPS) is 12.8. The van der Waals surface area contributed by atoms with Crippen molar-refractivity contribution < 1.29 is 0 Å². The van der Waals surface area contributed by atoms with Crippen molar-refractivity contribution >= 4 is 59.1 Å². The van der Waals surface area contributed by atoms with Gasteiger partial charge >= 0.3 is 0 Å². The molecule has 1 nitrogen and oxygen atoms in total. The summed E-state index contributed by atoms with van der Waals surface area (Å²) in [5.41, 5.74) is 7.33. The average Bonchev–Trinajstić information content (AvgIpc) is 2.62. The first-order chi connectivity index (χ1) is 7.58. The largest absolute Gasteiger partial charge is 0.320 e. The Hall–Kier alpha value is 0.320. The summed E-state index contributed by atoms with van der Waals surface area (Å²) < 4.78 is 3.13. The molecule has 0 aliphatic heterocycles. The first-order valence-corrected chi connectivity index (χ1v) is 7.78. The third kappa shape index (κ3) is 2.76. The minimum Gasteiger partial charge on any atom is -0.320 e. The Morgan fingerprint density at radius 3 is 2.19 bits per heavy atom. The van der Waals surface area contributed by atoms with E-state index >= 15 is 0 Å². The molecule has 2 rings (SSSR count). The Bertz CT molecular complexity index is 489.